The number of rotatable bonds is 4. The van der Waals surface area contributed by atoms with E-state index in [1.165, 1.54) is 10.9 Å². The summed E-state index contributed by atoms with van der Waals surface area (Å²) in [6, 6.07) is 10.3. The van der Waals surface area contributed by atoms with Gasteiger partial charge in [-0.05, 0) is 30.5 Å². The van der Waals surface area contributed by atoms with E-state index in [0.717, 1.165) is 24.8 Å². The summed E-state index contributed by atoms with van der Waals surface area (Å²) in [5.74, 6) is 0. The molecule has 16 heavy (non-hydrogen) atoms. The van der Waals surface area contributed by atoms with Crippen molar-refractivity contribution in [3.8, 4) is 0 Å². The molecule has 0 aliphatic carbocycles. The van der Waals surface area contributed by atoms with Crippen molar-refractivity contribution in [1.29, 1.82) is 0 Å². The third-order valence-electron chi connectivity index (χ3n) is 2.78. The number of alkyl halides is 1. The molecular formula is C14H16ClN. The van der Waals surface area contributed by atoms with E-state index in [-0.39, 0.29) is 5.38 Å². The lowest BCUT2D eigenvalue weighted by molar-refractivity contribution is 0.728. The summed E-state index contributed by atoms with van der Waals surface area (Å²) in [5, 5.41) is 1.46. The fraction of sp³-hybridized carbons (Fsp3) is 0.357. The van der Waals surface area contributed by atoms with Crippen LogP contribution in [-0.2, 0) is 6.42 Å². The van der Waals surface area contributed by atoms with Crippen LogP contribution in [0.15, 0.2) is 36.5 Å². The Hall–Kier alpha value is -1.08. The highest BCUT2D eigenvalue weighted by Gasteiger charge is 2.07. The average Bonchev–Trinajstić information content (AvgIpc) is 2.30. The van der Waals surface area contributed by atoms with Crippen molar-refractivity contribution in [2.75, 3.05) is 0 Å². The molecule has 84 valence electrons. The van der Waals surface area contributed by atoms with Gasteiger partial charge in [0.2, 0.25) is 0 Å². The Morgan fingerprint density at radius 3 is 2.88 bits per heavy atom. The van der Waals surface area contributed by atoms with Crippen LogP contribution in [0.5, 0.6) is 0 Å². The largest absolute Gasteiger partial charge is 0.256 e. The van der Waals surface area contributed by atoms with Crippen LogP contribution in [0.4, 0.5) is 0 Å². The number of benzene rings is 1. The zero-order valence-electron chi connectivity index (χ0n) is 9.49. The Labute approximate surface area is 101 Å². The Morgan fingerprint density at radius 1 is 1.25 bits per heavy atom. The van der Waals surface area contributed by atoms with Crippen LogP contribution in [0.2, 0.25) is 0 Å². The average molecular weight is 234 g/mol. The van der Waals surface area contributed by atoms with E-state index < -0.39 is 0 Å². The first-order chi connectivity index (χ1) is 7.81. The first-order valence-electron chi connectivity index (χ1n) is 5.78. The second-order valence-electron chi connectivity index (χ2n) is 4.08. The third kappa shape index (κ3) is 2.53. The van der Waals surface area contributed by atoms with Crippen molar-refractivity contribution in [3.05, 3.63) is 42.1 Å². The number of aromatic nitrogens is 1. The highest BCUT2D eigenvalue weighted by Crippen LogP contribution is 2.20. The summed E-state index contributed by atoms with van der Waals surface area (Å²) in [6.45, 7) is 2.17. The zero-order valence-corrected chi connectivity index (χ0v) is 10.2. The molecule has 2 heteroatoms. The van der Waals surface area contributed by atoms with Gasteiger partial charge in [0.25, 0.3) is 0 Å². The molecule has 0 amide bonds. The normalized spacial score (nSPS) is 12.9. The maximum Gasteiger partial charge on any atom is 0.0704 e. The van der Waals surface area contributed by atoms with E-state index in [2.05, 4.69) is 30.1 Å². The molecule has 0 aliphatic heterocycles. The quantitative estimate of drug-likeness (QED) is 0.722. The smallest absolute Gasteiger partial charge is 0.0704 e. The van der Waals surface area contributed by atoms with Crippen LogP contribution < -0.4 is 0 Å². The zero-order chi connectivity index (χ0) is 11.4. The minimum atomic E-state index is 0.232. The molecular weight excluding hydrogens is 218 g/mol. The van der Waals surface area contributed by atoms with E-state index >= 15 is 0 Å². The van der Waals surface area contributed by atoms with Gasteiger partial charge in [0.15, 0.2) is 0 Å². The van der Waals surface area contributed by atoms with Gasteiger partial charge in [-0.25, -0.2) is 0 Å². The molecule has 0 fully saturated rings. The molecule has 2 aromatic rings. The van der Waals surface area contributed by atoms with Gasteiger partial charge >= 0.3 is 0 Å². The topological polar surface area (TPSA) is 12.9 Å². The fourth-order valence-corrected chi connectivity index (χ4v) is 2.37. The van der Waals surface area contributed by atoms with Crippen molar-refractivity contribution in [2.24, 2.45) is 0 Å². The minimum absolute atomic E-state index is 0.232. The molecule has 1 aromatic carbocycles. The van der Waals surface area contributed by atoms with Gasteiger partial charge in [0, 0.05) is 17.0 Å². The molecule has 0 aliphatic rings. The Balaban J connectivity index is 2.30. The summed E-state index contributed by atoms with van der Waals surface area (Å²) in [5.41, 5.74) is 2.36. The molecule has 1 heterocycles. The van der Waals surface area contributed by atoms with Gasteiger partial charge < -0.3 is 0 Å². The molecule has 1 nitrogen and oxygen atoms in total. The number of nitrogens with zero attached hydrogens (tertiary/aromatic N) is 1. The minimum Gasteiger partial charge on any atom is -0.256 e. The summed E-state index contributed by atoms with van der Waals surface area (Å²) in [6.07, 6.45) is 5.00. The van der Waals surface area contributed by atoms with Crippen molar-refractivity contribution in [3.63, 3.8) is 0 Å². The molecule has 0 spiro atoms. The molecule has 0 N–H and O–H groups in total. The highest BCUT2D eigenvalue weighted by molar-refractivity contribution is 6.20. The van der Waals surface area contributed by atoms with Gasteiger partial charge in [-0.3, -0.25) is 4.98 Å². The number of pyridine rings is 1. The standard InChI is InChI=1S/C14H16ClN/c1-2-5-12(15)10-11-8-9-16-14-7-4-3-6-13(11)14/h3-4,6-9,12H,2,5,10H2,1H3. The summed E-state index contributed by atoms with van der Waals surface area (Å²) < 4.78 is 0. The molecule has 0 saturated carbocycles. The monoisotopic (exact) mass is 233 g/mol. The van der Waals surface area contributed by atoms with Crippen LogP contribution >= 0.6 is 11.6 Å². The summed E-state index contributed by atoms with van der Waals surface area (Å²) in [4.78, 5) is 4.35. The second-order valence-corrected chi connectivity index (χ2v) is 4.69. The fourth-order valence-electron chi connectivity index (χ4n) is 1.99. The Morgan fingerprint density at radius 2 is 2.06 bits per heavy atom. The van der Waals surface area contributed by atoms with Crippen LogP contribution in [-0.4, -0.2) is 10.4 Å². The predicted molar refractivity (Wildman–Crippen MR) is 70.0 cm³/mol. The van der Waals surface area contributed by atoms with Crippen LogP contribution in [0, 0.1) is 0 Å². The number of halogens is 1. The molecule has 0 bridgehead atoms. The predicted octanol–water partition coefficient (Wildman–Crippen LogP) is 4.18. The van der Waals surface area contributed by atoms with Gasteiger partial charge in [-0.2, -0.15) is 0 Å². The molecule has 0 saturated heterocycles. The molecule has 0 radical (unpaired) electrons. The van der Waals surface area contributed by atoms with Crippen molar-refractivity contribution < 1.29 is 0 Å². The SMILES string of the molecule is CCCC(Cl)Cc1ccnc2ccccc12. The van der Waals surface area contributed by atoms with Crippen LogP contribution in [0.25, 0.3) is 10.9 Å². The molecule has 2 rings (SSSR count). The highest BCUT2D eigenvalue weighted by atomic mass is 35.5. The molecule has 1 atom stereocenters. The van der Waals surface area contributed by atoms with Crippen molar-refractivity contribution in [2.45, 2.75) is 31.6 Å². The summed E-state index contributed by atoms with van der Waals surface area (Å²) in [7, 11) is 0. The van der Waals surface area contributed by atoms with Gasteiger partial charge in [-0.1, -0.05) is 31.5 Å². The van der Waals surface area contributed by atoms with E-state index in [1.54, 1.807) is 0 Å². The summed E-state index contributed by atoms with van der Waals surface area (Å²) >= 11 is 6.30. The van der Waals surface area contributed by atoms with Crippen LogP contribution in [0.1, 0.15) is 25.3 Å². The van der Waals surface area contributed by atoms with Gasteiger partial charge in [-0.15, -0.1) is 11.6 Å². The third-order valence-corrected chi connectivity index (χ3v) is 3.16. The van der Waals surface area contributed by atoms with E-state index in [9.17, 15) is 0 Å². The number of hydrogen-bond donors (Lipinski definition) is 0. The lowest BCUT2D eigenvalue weighted by Crippen LogP contribution is -2.03. The lowest BCUT2D eigenvalue weighted by atomic mass is 10.0. The van der Waals surface area contributed by atoms with E-state index in [4.69, 9.17) is 11.6 Å². The Bertz CT molecular complexity index is 462. The number of para-hydroxylation sites is 1. The Kier molecular flexibility index (Phi) is 3.79. The van der Waals surface area contributed by atoms with Gasteiger partial charge in [0.05, 0.1) is 5.52 Å². The van der Waals surface area contributed by atoms with E-state index in [0.29, 0.717) is 0 Å². The maximum atomic E-state index is 6.30. The van der Waals surface area contributed by atoms with E-state index in [1.807, 2.05) is 18.3 Å². The first-order valence-corrected chi connectivity index (χ1v) is 6.21. The van der Waals surface area contributed by atoms with Crippen LogP contribution in [0.3, 0.4) is 0 Å². The van der Waals surface area contributed by atoms with Crippen molar-refractivity contribution >= 4 is 22.5 Å². The number of hydrogen-bond acceptors (Lipinski definition) is 1. The van der Waals surface area contributed by atoms with Crippen molar-refractivity contribution in [1.82, 2.24) is 4.98 Å². The lowest BCUT2D eigenvalue weighted by Gasteiger charge is -2.10. The number of fused-ring (bicyclic) bond motifs is 1. The molecule has 1 unspecified atom stereocenters. The first kappa shape index (κ1) is 11.4. The molecule has 1 aromatic heterocycles. The maximum absolute atomic E-state index is 6.30. The second kappa shape index (κ2) is 5.31. The van der Waals surface area contributed by atoms with Gasteiger partial charge in [0.1, 0.15) is 0 Å².